The van der Waals surface area contributed by atoms with Crippen LogP contribution < -0.4 is 5.73 Å². The van der Waals surface area contributed by atoms with Crippen molar-refractivity contribution in [2.45, 2.75) is 32.2 Å². The molecular weight excluding hydrogens is 172 g/mol. The van der Waals surface area contributed by atoms with E-state index in [1.807, 2.05) is 24.3 Å². The average molecular weight is 188 g/mol. The molecule has 0 amide bonds. The summed E-state index contributed by atoms with van der Waals surface area (Å²) in [6.45, 7) is 6.00. The van der Waals surface area contributed by atoms with Gasteiger partial charge in [-0.05, 0) is 24.0 Å². The zero-order valence-electron chi connectivity index (χ0n) is 8.91. The van der Waals surface area contributed by atoms with Gasteiger partial charge in [0.25, 0.3) is 0 Å². The average Bonchev–Trinajstić information content (AvgIpc) is 2.18. The SMILES string of the molecule is CC(C)c1ccc(C(C)(N)C#N)cc1. The van der Waals surface area contributed by atoms with E-state index in [2.05, 4.69) is 19.9 Å². The van der Waals surface area contributed by atoms with Crippen molar-refractivity contribution in [3.8, 4) is 6.07 Å². The van der Waals surface area contributed by atoms with Gasteiger partial charge in [0.15, 0.2) is 0 Å². The summed E-state index contributed by atoms with van der Waals surface area (Å²) in [7, 11) is 0. The summed E-state index contributed by atoms with van der Waals surface area (Å²) in [5, 5.41) is 8.85. The number of hydrogen-bond donors (Lipinski definition) is 1. The molecule has 0 aliphatic heterocycles. The summed E-state index contributed by atoms with van der Waals surface area (Å²) < 4.78 is 0. The Labute approximate surface area is 85.4 Å². The van der Waals surface area contributed by atoms with Gasteiger partial charge in [0, 0.05) is 0 Å². The summed E-state index contributed by atoms with van der Waals surface area (Å²) >= 11 is 0. The molecule has 2 heteroatoms. The highest BCUT2D eigenvalue weighted by atomic mass is 14.7. The molecule has 0 spiro atoms. The first-order chi connectivity index (χ1) is 6.47. The van der Waals surface area contributed by atoms with Crippen LogP contribution in [0.25, 0.3) is 0 Å². The summed E-state index contributed by atoms with van der Waals surface area (Å²) in [4.78, 5) is 0. The van der Waals surface area contributed by atoms with Crippen LogP contribution in [0.5, 0.6) is 0 Å². The molecule has 0 fully saturated rings. The summed E-state index contributed by atoms with van der Waals surface area (Å²) in [5.41, 5.74) is 7.05. The molecule has 1 rings (SSSR count). The molecule has 0 aliphatic carbocycles. The van der Waals surface area contributed by atoms with Crippen LogP contribution in [-0.2, 0) is 5.54 Å². The lowest BCUT2D eigenvalue weighted by Gasteiger charge is -2.16. The number of nitriles is 1. The van der Waals surface area contributed by atoms with E-state index in [-0.39, 0.29) is 0 Å². The van der Waals surface area contributed by atoms with Gasteiger partial charge < -0.3 is 5.73 Å². The molecule has 0 aromatic heterocycles. The van der Waals surface area contributed by atoms with Gasteiger partial charge in [-0.25, -0.2) is 0 Å². The van der Waals surface area contributed by atoms with Crippen molar-refractivity contribution in [2.24, 2.45) is 5.73 Å². The lowest BCUT2D eigenvalue weighted by molar-refractivity contribution is 0.645. The van der Waals surface area contributed by atoms with Gasteiger partial charge in [0.2, 0.25) is 0 Å². The highest BCUT2D eigenvalue weighted by Crippen LogP contribution is 2.20. The Bertz CT molecular complexity index is 342. The van der Waals surface area contributed by atoms with E-state index in [4.69, 9.17) is 11.0 Å². The van der Waals surface area contributed by atoms with Gasteiger partial charge in [0.05, 0.1) is 6.07 Å². The van der Waals surface area contributed by atoms with Crippen molar-refractivity contribution < 1.29 is 0 Å². The van der Waals surface area contributed by atoms with E-state index in [0.717, 1.165) is 5.56 Å². The van der Waals surface area contributed by atoms with Crippen molar-refractivity contribution in [3.05, 3.63) is 35.4 Å². The molecular formula is C12H16N2. The molecule has 0 saturated heterocycles. The van der Waals surface area contributed by atoms with Crippen LogP contribution in [0.1, 0.15) is 37.8 Å². The van der Waals surface area contributed by atoms with Gasteiger partial charge in [-0.1, -0.05) is 38.1 Å². The van der Waals surface area contributed by atoms with E-state index in [1.165, 1.54) is 5.56 Å². The van der Waals surface area contributed by atoms with Crippen molar-refractivity contribution in [1.82, 2.24) is 0 Å². The standard InChI is InChI=1S/C12H16N2/c1-9(2)10-4-6-11(7-5-10)12(3,14)8-13/h4-7,9H,14H2,1-3H3. The van der Waals surface area contributed by atoms with E-state index >= 15 is 0 Å². The Morgan fingerprint density at radius 1 is 1.29 bits per heavy atom. The number of nitrogens with zero attached hydrogens (tertiary/aromatic N) is 1. The predicted octanol–water partition coefficient (Wildman–Crippen LogP) is 2.51. The van der Waals surface area contributed by atoms with Crippen molar-refractivity contribution in [3.63, 3.8) is 0 Å². The topological polar surface area (TPSA) is 49.8 Å². The molecule has 0 saturated carbocycles. The van der Waals surface area contributed by atoms with E-state index < -0.39 is 5.54 Å². The van der Waals surface area contributed by atoms with Crippen LogP contribution >= 0.6 is 0 Å². The first-order valence-corrected chi connectivity index (χ1v) is 4.78. The van der Waals surface area contributed by atoms with Gasteiger partial charge in [-0.15, -0.1) is 0 Å². The van der Waals surface area contributed by atoms with Gasteiger partial charge in [0.1, 0.15) is 5.54 Å². The molecule has 2 N–H and O–H groups in total. The second kappa shape index (κ2) is 3.81. The molecule has 1 unspecified atom stereocenters. The van der Waals surface area contributed by atoms with Gasteiger partial charge in [-0.2, -0.15) is 5.26 Å². The molecule has 0 radical (unpaired) electrons. The Morgan fingerprint density at radius 2 is 1.79 bits per heavy atom. The summed E-state index contributed by atoms with van der Waals surface area (Å²) in [6, 6.07) is 10.0. The minimum Gasteiger partial charge on any atom is -0.310 e. The Hall–Kier alpha value is -1.33. The third-order valence-electron chi connectivity index (χ3n) is 2.41. The Kier molecular flexibility index (Phi) is 2.93. The van der Waals surface area contributed by atoms with E-state index in [0.29, 0.717) is 5.92 Å². The molecule has 1 atom stereocenters. The molecule has 74 valence electrons. The van der Waals surface area contributed by atoms with E-state index in [1.54, 1.807) is 6.92 Å². The van der Waals surface area contributed by atoms with Crippen LogP contribution in [-0.4, -0.2) is 0 Å². The minimum atomic E-state index is -0.879. The molecule has 1 aromatic carbocycles. The summed E-state index contributed by atoms with van der Waals surface area (Å²) in [5.74, 6) is 0.509. The van der Waals surface area contributed by atoms with Gasteiger partial charge in [-0.3, -0.25) is 0 Å². The van der Waals surface area contributed by atoms with Crippen LogP contribution in [0.3, 0.4) is 0 Å². The smallest absolute Gasteiger partial charge is 0.126 e. The maximum absolute atomic E-state index is 8.85. The second-order valence-corrected chi connectivity index (χ2v) is 4.09. The van der Waals surface area contributed by atoms with E-state index in [9.17, 15) is 0 Å². The fourth-order valence-electron chi connectivity index (χ4n) is 1.28. The van der Waals surface area contributed by atoms with Crippen LogP contribution in [0.2, 0.25) is 0 Å². The molecule has 0 bridgehead atoms. The zero-order chi connectivity index (χ0) is 10.8. The third-order valence-corrected chi connectivity index (χ3v) is 2.41. The number of rotatable bonds is 2. The van der Waals surface area contributed by atoms with Crippen LogP contribution in [0.15, 0.2) is 24.3 Å². The molecule has 2 nitrogen and oxygen atoms in total. The Morgan fingerprint density at radius 3 is 2.14 bits per heavy atom. The first-order valence-electron chi connectivity index (χ1n) is 4.78. The predicted molar refractivity (Wildman–Crippen MR) is 57.7 cm³/mol. The summed E-state index contributed by atoms with van der Waals surface area (Å²) in [6.07, 6.45) is 0. The second-order valence-electron chi connectivity index (χ2n) is 4.09. The molecule has 0 aliphatic rings. The third kappa shape index (κ3) is 2.12. The zero-order valence-corrected chi connectivity index (χ0v) is 8.91. The van der Waals surface area contributed by atoms with Crippen molar-refractivity contribution in [1.29, 1.82) is 5.26 Å². The van der Waals surface area contributed by atoms with Crippen molar-refractivity contribution in [2.75, 3.05) is 0 Å². The number of benzene rings is 1. The van der Waals surface area contributed by atoms with Gasteiger partial charge >= 0.3 is 0 Å². The van der Waals surface area contributed by atoms with Crippen molar-refractivity contribution >= 4 is 0 Å². The number of hydrogen-bond acceptors (Lipinski definition) is 2. The fourth-order valence-corrected chi connectivity index (χ4v) is 1.28. The quantitative estimate of drug-likeness (QED) is 0.775. The molecule has 1 aromatic rings. The number of nitrogens with two attached hydrogens (primary N) is 1. The first kappa shape index (κ1) is 10.7. The van der Waals surface area contributed by atoms with Crippen LogP contribution in [0.4, 0.5) is 0 Å². The minimum absolute atomic E-state index is 0.509. The lowest BCUT2D eigenvalue weighted by Crippen LogP contribution is -2.30. The lowest BCUT2D eigenvalue weighted by atomic mass is 9.92. The highest BCUT2D eigenvalue weighted by molar-refractivity contribution is 5.33. The largest absolute Gasteiger partial charge is 0.310 e. The fraction of sp³-hybridized carbons (Fsp3) is 0.417. The Balaban J connectivity index is 3.01. The van der Waals surface area contributed by atoms with Crippen LogP contribution in [0, 0.1) is 11.3 Å². The highest BCUT2D eigenvalue weighted by Gasteiger charge is 2.19. The normalized spacial score (nSPS) is 14.9. The maximum atomic E-state index is 8.85. The molecule has 0 heterocycles. The molecule has 14 heavy (non-hydrogen) atoms. The maximum Gasteiger partial charge on any atom is 0.126 e. The monoisotopic (exact) mass is 188 g/mol.